The van der Waals surface area contributed by atoms with Crippen LogP contribution >= 0.6 is 11.8 Å². The molecule has 0 amide bonds. The summed E-state index contributed by atoms with van der Waals surface area (Å²) >= 11 is 1.86. The number of aromatic nitrogens is 3. The summed E-state index contributed by atoms with van der Waals surface area (Å²) < 4.78 is 1.92. The minimum atomic E-state index is 0.0483. The fraction of sp³-hybridized carbons (Fsp3) is 0.600. The molecule has 1 atom stereocenters. The van der Waals surface area contributed by atoms with Crippen molar-refractivity contribution < 1.29 is 0 Å². The molecule has 0 spiro atoms. The van der Waals surface area contributed by atoms with Crippen LogP contribution in [-0.4, -0.2) is 32.6 Å². The maximum Gasteiger partial charge on any atom is 0.152 e. The smallest absolute Gasteiger partial charge is 0.152 e. The first-order valence-corrected chi connectivity index (χ1v) is 8.45. The van der Waals surface area contributed by atoms with E-state index < -0.39 is 0 Å². The molecule has 0 radical (unpaired) electrons. The average Bonchev–Trinajstić information content (AvgIpc) is 2.83. The number of hydrogen-bond acceptors (Lipinski definition) is 4. The Morgan fingerprint density at radius 1 is 1.40 bits per heavy atom. The van der Waals surface area contributed by atoms with Gasteiger partial charge in [-0.1, -0.05) is 27.7 Å². The summed E-state index contributed by atoms with van der Waals surface area (Å²) in [6.07, 6.45) is 6.94. The number of nitrogens with one attached hydrogen (secondary N) is 1. The van der Waals surface area contributed by atoms with Crippen molar-refractivity contribution in [2.24, 2.45) is 0 Å². The minimum absolute atomic E-state index is 0.0483. The summed E-state index contributed by atoms with van der Waals surface area (Å²) in [5.41, 5.74) is 2.19. The van der Waals surface area contributed by atoms with Crippen LogP contribution in [-0.2, 0) is 5.41 Å². The van der Waals surface area contributed by atoms with Gasteiger partial charge in [-0.2, -0.15) is 16.9 Å². The van der Waals surface area contributed by atoms with Gasteiger partial charge in [0.1, 0.15) is 5.52 Å². The first-order valence-electron chi connectivity index (χ1n) is 7.06. The van der Waals surface area contributed by atoms with Crippen molar-refractivity contribution in [2.75, 3.05) is 17.3 Å². The number of anilines is 1. The monoisotopic (exact) mass is 292 g/mol. The van der Waals surface area contributed by atoms with Crippen molar-refractivity contribution in [1.82, 2.24) is 14.6 Å². The van der Waals surface area contributed by atoms with Crippen LogP contribution in [0.25, 0.3) is 5.52 Å². The molecule has 0 aromatic carbocycles. The predicted octanol–water partition coefficient (Wildman–Crippen LogP) is 3.58. The number of thioether (sulfide) groups is 1. The van der Waals surface area contributed by atoms with Gasteiger partial charge in [-0.05, 0) is 18.7 Å². The van der Waals surface area contributed by atoms with Gasteiger partial charge in [0.25, 0.3) is 0 Å². The van der Waals surface area contributed by atoms with Gasteiger partial charge in [-0.3, -0.25) is 0 Å². The summed E-state index contributed by atoms with van der Waals surface area (Å²) in [5, 5.41) is 8.20. The lowest BCUT2D eigenvalue weighted by Crippen LogP contribution is -2.22. The van der Waals surface area contributed by atoms with Crippen molar-refractivity contribution in [3.05, 3.63) is 24.2 Å². The maximum atomic E-state index is 4.66. The van der Waals surface area contributed by atoms with Gasteiger partial charge in [-0.25, -0.2) is 9.50 Å². The molecule has 0 aliphatic carbocycles. The molecule has 5 heteroatoms. The molecule has 0 aliphatic heterocycles. The summed E-state index contributed by atoms with van der Waals surface area (Å²) in [5.74, 6) is 2.01. The molecule has 0 fully saturated rings. The second-order valence-electron chi connectivity index (χ2n) is 6.09. The van der Waals surface area contributed by atoms with Gasteiger partial charge in [0, 0.05) is 29.6 Å². The van der Waals surface area contributed by atoms with Crippen molar-refractivity contribution in [1.29, 1.82) is 0 Å². The van der Waals surface area contributed by atoms with Crippen molar-refractivity contribution in [3.8, 4) is 0 Å². The van der Waals surface area contributed by atoms with Crippen LogP contribution in [0.2, 0.25) is 0 Å². The van der Waals surface area contributed by atoms with Crippen molar-refractivity contribution >= 4 is 23.1 Å². The van der Waals surface area contributed by atoms with E-state index in [1.54, 1.807) is 6.20 Å². The molecule has 2 heterocycles. The Balaban J connectivity index is 2.36. The van der Waals surface area contributed by atoms with E-state index >= 15 is 0 Å². The Kier molecular flexibility index (Phi) is 4.58. The second-order valence-corrected chi connectivity index (χ2v) is 7.00. The van der Waals surface area contributed by atoms with Gasteiger partial charge in [0.05, 0.1) is 5.69 Å². The molecule has 4 nitrogen and oxygen atoms in total. The molecule has 0 saturated heterocycles. The van der Waals surface area contributed by atoms with Gasteiger partial charge >= 0.3 is 0 Å². The molecule has 1 N–H and O–H groups in total. The highest BCUT2D eigenvalue weighted by Gasteiger charge is 2.19. The Hall–Kier alpha value is -1.23. The third kappa shape index (κ3) is 3.26. The molecule has 20 heavy (non-hydrogen) atoms. The lowest BCUT2D eigenvalue weighted by molar-refractivity contribution is 0.562. The largest absolute Gasteiger partial charge is 0.365 e. The van der Waals surface area contributed by atoms with E-state index in [2.05, 4.69) is 55.4 Å². The minimum Gasteiger partial charge on any atom is -0.365 e. The van der Waals surface area contributed by atoms with Crippen molar-refractivity contribution in [2.45, 2.75) is 45.6 Å². The predicted molar refractivity (Wildman–Crippen MR) is 87.8 cm³/mol. The Labute approximate surface area is 125 Å². The molecule has 2 aromatic rings. The van der Waals surface area contributed by atoms with Crippen LogP contribution < -0.4 is 5.32 Å². The highest BCUT2D eigenvalue weighted by atomic mass is 32.2. The summed E-state index contributed by atoms with van der Waals surface area (Å²) in [6.45, 7) is 8.73. The molecule has 0 aliphatic rings. The fourth-order valence-electron chi connectivity index (χ4n) is 2.06. The molecule has 2 rings (SSSR count). The van der Waals surface area contributed by atoms with Crippen LogP contribution in [0.1, 0.15) is 39.8 Å². The summed E-state index contributed by atoms with van der Waals surface area (Å²) in [7, 11) is 0. The zero-order valence-corrected chi connectivity index (χ0v) is 13.8. The van der Waals surface area contributed by atoms with E-state index in [1.165, 1.54) is 0 Å². The highest BCUT2D eigenvalue weighted by molar-refractivity contribution is 7.98. The van der Waals surface area contributed by atoms with Crippen LogP contribution in [0.5, 0.6) is 0 Å². The third-order valence-electron chi connectivity index (χ3n) is 3.36. The number of nitrogens with zero attached hydrogens (tertiary/aromatic N) is 3. The molecular formula is C15H24N4S. The number of hydrogen-bond donors (Lipinski definition) is 1. The van der Waals surface area contributed by atoms with Crippen LogP contribution in [0.3, 0.4) is 0 Å². The lowest BCUT2D eigenvalue weighted by atomic mass is 9.92. The van der Waals surface area contributed by atoms with E-state index in [4.69, 9.17) is 0 Å². The zero-order chi connectivity index (χ0) is 14.8. The zero-order valence-electron chi connectivity index (χ0n) is 13.0. The van der Waals surface area contributed by atoms with E-state index in [0.29, 0.717) is 6.04 Å². The summed E-state index contributed by atoms with van der Waals surface area (Å²) in [4.78, 5) is 4.49. The normalized spacial score (nSPS) is 13.7. The maximum absolute atomic E-state index is 4.66. The SMILES string of the molecule is CCC(CSC)Nc1nccn2nc(C(C)(C)C)cc12. The van der Waals surface area contributed by atoms with Crippen LogP contribution in [0, 0.1) is 0 Å². The standard InChI is InChI=1S/C15H24N4S/c1-6-11(10-20-5)17-14-12-9-13(15(2,3)4)18-19(12)8-7-16-14/h7-9,11H,6,10H2,1-5H3,(H,16,17). The molecular weight excluding hydrogens is 268 g/mol. The highest BCUT2D eigenvalue weighted by Crippen LogP contribution is 2.25. The third-order valence-corrected chi connectivity index (χ3v) is 4.10. The fourth-order valence-corrected chi connectivity index (χ4v) is 2.78. The number of rotatable bonds is 5. The molecule has 0 saturated carbocycles. The van der Waals surface area contributed by atoms with Gasteiger partial charge in [0.2, 0.25) is 0 Å². The van der Waals surface area contributed by atoms with Crippen LogP contribution in [0.15, 0.2) is 18.5 Å². The first-order chi connectivity index (χ1) is 9.45. The summed E-state index contributed by atoms with van der Waals surface area (Å²) in [6, 6.07) is 2.58. The Morgan fingerprint density at radius 2 is 2.15 bits per heavy atom. The molecule has 110 valence electrons. The van der Waals surface area contributed by atoms with Gasteiger partial charge < -0.3 is 5.32 Å². The molecule has 0 bridgehead atoms. The quantitative estimate of drug-likeness (QED) is 0.914. The molecule has 2 aromatic heterocycles. The Bertz CT molecular complexity index is 571. The molecule has 1 unspecified atom stereocenters. The average molecular weight is 292 g/mol. The Morgan fingerprint density at radius 3 is 2.75 bits per heavy atom. The van der Waals surface area contributed by atoms with E-state index in [0.717, 1.165) is 29.2 Å². The van der Waals surface area contributed by atoms with E-state index in [1.807, 2.05) is 22.5 Å². The topological polar surface area (TPSA) is 42.2 Å². The van der Waals surface area contributed by atoms with Crippen LogP contribution in [0.4, 0.5) is 5.82 Å². The first kappa shape index (κ1) is 15.2. The second kappa shape index (κ2) is 6.04. The number of fused-ring (bicyclic) bond motifs is 1. The van der Waals surface area contributed by atoms with Gasteiger partial charge in [0.15, 0.2) is 5.82 Å². The van der Waals surface area contributed by atoms with E-state index in [-0.39, 0.29) is 5.41 Å². The van der Waals surface area contributed by atoms with Crippen molar-refractivity contribution in [3.63, 3.8) is 0 Å². The van der Waals surface area contributed by atoms with Gasteiger partial charge in [-0.15, -0.1) is 0 Å². The lowest BCUT2D eigenvalue weighted by Gasteiger charge is -2.16. The van der Waals surface area contributed by atoms with E-state index in [9.17, 15) is 0 Å².